The van der Waals surface area contributed by atoms with E-state index in [0.717, 1.165) is 32.1 Å². The molecule has 0 amide bonds. The van der Waals surface area contributed by atoms with Gasteiger partial charge in [-0.15, -0.1) is 0 Å². The monoisotopic (exact) mass is 496 g/mol. The lowest BCUT2D eigenvalue weighted by molar-refractivity contribution is -0.355. The highest BCUT2D eigenvalue weighted by Crippen LogP contribution is 2.29. The molecule has 2 aliphatic heterocycles. The van der Waals surface area contributed by atoms with Crippen LogP contribution in [0.15, 0.2) is 0 Å². The summed E-state index contributed by atoms with van der Waals surface area (Å²) in [5.74, 6) is -0.616. The first kappa shape index (κ1) is 29.3. The number of esters is 1. The summed E-state index contributed by atoms with van der Waals surface area (Å²) in [4.78, 5) is 12.2. The molecule has 12 heteroatoms. The van der Waals surface area contributed by atoms with Crippen molar-refractivity contribution in [1.29, 1.82) is 0 Å². The molecule has 0 bridgehead atoms. The van der Waals surface area contributed by atoms with E-state index >= 15 is 0 Å². The Labute approximate surface area is 199 Å². The van der Waals surface area contributed by atoms with Crippen molar-refractivity contribution in [3.8, 4) is 0 Å². The van der Waals surface area contributed by atoms with Gasteiger partial charge in [0.1, 0.15) is 48.8 Å². The number of aliphatic hydroxyl groups excluding tert-OH is 7. The highest BCUT2D eigenvalue weighted by Gasteiger charge is 2.51. The van der Waals surface area contributed by atoms with Crippen LogP contribution in [0.3, 0.4) is 0 Å². The van der Waals surface area contributed by atoms with Gasteiger partial charge >= 0.3 is 5.97 Å². The van der Waals surface area contributed by atoms with E-state index in [-0.39, 0.29) is 6.42 Å². The molecule has 0 aromatic rings. The van der Waals surface area contributed by atoms with Crippen LogP contribution in [0, 0.1) is 0 Å². The number of unbranched alkanes of at least 4 members (excludes halogenated alkanes) is 6. The summed E-state index contributed by atoms with van der Waals surface area (Å²) in [5.41, 5.74) is 0. The average Bonchev–Trinajstić information content (AvgIpc) is 2.83. The minimum absolute atomic E-state index is 0.116. The zero-order chi connectivity index (χ0) is 25.3. The molecule has 2 fully saturated rings. The van der Waals surface area contributed by atoms with Crippen LogP contribution in [0.4, 0.5) is 0 Å². The molecule has 2 heterocycles. The second-order valence-electron chi connectivity index (χ2n) is 8.87. The average molecular weight is 497 g/mol. The van der Waals surface area contributed by atoms with E-state index < -0.39 is 80.6 Å². The fraction of sp³-hybridized carbons (Fsp3) is 0.955. The maximum atomic E-state index is 12.2. The SMILES string of the molecule is CCCCCCCCCC(=O)O[C@@H]1OC(CO)[C@@H](O[C@H]2O[C@H](CO)[C@@H](O)[C@H](O)[C@H]2O)C(O)[C@H]1O. The maximum absolute atomic E-state index is 12.2. The Morgan fingerprint density at radius 1 is 0.706 bits per heavy atom. The second kappa shape index (κ2) is 14.6. The van der Waals surface area contributed by atoms with Crippen molar-refractivity contribution in [3.63, 3.8) is 0 Å². The maximum Gasteiger partial charge on any atom is 0.308 e. The van der Waals surface area contributed by atoms with Gasteiger partial charge in [0.2, 0.25) is 6.29 Å². The lowest BCUT2D eigenvalue weighted by Gasteiger charge is -2.45. The van der Waals surface area contributed by atoms with Gasteiger partial charge in [0.25, 0.3) is 0 Å². The number of hydrogen-bond acceptors (Lipinski definition) is 12. The van der Waals surface area contributed by atoms with Crippen molar-refractivity contribution in [1.82, 2.24) is 0 Å². The van der Waals surface area contributed by atoms with E-state index in [2.05, 4.69) is 6.92 Å². The van der Waals surface area contributed by atoms with Crippen molar-refractivity contribution >= 4 is 5.97 Å². The summed E-state index contributed by atoms with van der Waals surface area (Å²) >= 11 is 0. The summed E-state index contributed by atoms with van der Waals surface area (Å²) in [5, 5.41) is 69.8. The molecule has 0 saturated carbocycles. The van der Waals surface area contributed by atoms with Crippen LogP contribution in [0.1, 0.15) is 58.3 Å². The first-order valence-electron chi connectivity index (χ1n) is 12.0. The number of rotatable bonds is 13. The van der Waals surface area contributed by atoms with Crippen LogP contribution < -0.4 is 0 Å². The van der Waals surface area contributed by atoms with Gasteiger partial charge in [-0.25, -0.2) is 0 Å². The van der Waals surface area contributed by atoms with Gasteiger partial charge in [-0.2, -0.15) is 0 Å². The molecule has 0 radical (unpaired) electrons. The van der Waals surface area contributed by atoms with E-state index in [9.17, 15) is 40.5 Å². The van der Waals surface area contributed by atoms with Crippen LogP contribution in [0.25, 0.3) is 0 Å². The van der Waals surface area contributed by atoms with E-state index in [1.807, 2.05) is 0 Å². The van der Waals surface area contributed by atoms with Gasteiger partial charge in [-0.3, -0.25) is 4.79 Å². The summed E-state index contributed by atoms with van der Waals surface area (Å²) in [6, 6.07) is 0. The molecule has 0 aliphatic carbocycles. The summed E-state index contributed by atoms with van der Waals surface area (Å²) < 4.78 is 21.3. The molecule has 0 aromatic heterocycles. The van der Waals surface area contributed by atoms with Crippen LogP contribution >= 0.6 is 0 Å². The summed E-state index contributed by atoms with van der Waals surface area (Å²) in [6.45, 7) is 0.759. The lowest BCUT2D eigenvalue weighted by atomic mass is 9.97. The zero-order valence-corrected chi connectivity index (χ0v) is 19.5. The van der Waals surface area contributed by atoms with Gasteiger partial charge in [-0.1, -0.05) is 45.4 Å². The quantitative estimate of drug-likeness (QED) is 0.113. The molecular formula is C22H40O12. The van der Waals surface area contributed by atoms with Crippen molar-refractivity contribution in [2.45, 2.75) is 120 Å². The Hall–Kier alpha value is -0.930. The summed E-state index contributed by atoms with van der Waals surface area (Å²) in [6.07, 6.45) is -8.41. The van der Waals surface area contributed by atoms with Crippen LogP contribution in [0.2, 0.25) is 0 Å². The second-order valence-corrected chi connectivity index (χ2v) is 8.87. The van der Waals surface area contributed by atoms with E-state index in [1.165, 1.54) is 6.42 Å². The predicted octanol–water partition coefficient (Wildman–Crippen LogP) is -1.71. The Balaban J connectivity index is 1.88. The van der Waals surface area contributed by atoms with E-state index in [1.54, 1.807) is 0 Å². The number of ether oxygens (including phenoxy) is 4. The molecule has 12 nitrogen and oxygen atoms in total. The highest BCUT2D eigenvalue weighted by molar-refractivity contribution is 5.69. The molecule has 34 heavy (non-hydrogen) atoms. The third kappa shape index (κ3) is 7.79. The number of hydrogen-bond donors (Lipinski definition) is 7. The van der Waals surface area contributed by atoms with E-state index in [0.29, 0.717) is 6.42 Å². The number of carbonyl (C=O) groups is 1. The van der Waals surface area contributed by atoms with E-state index in [4.69, 9.17) is 18.9 Å². The topological polar surface area (TPSA) is 196 Å². The molecule has 2 unspecified atom stereocenters. The molecule has 2 saturated heterocycles. The normalized spacial score (nSPS) is 38.6. The molecule has 2 aliphatic rings. The van der Waals surface area contributed by atoms with Gasteiger partial charge in [0, 0.05) is 6.42 Å². The van der Waals surface area contributed by atoms with Gasteiger partial charge < -0.3 is 54.7 Å². The first-order chi connectivity index (χ1) is 16.2. The van der Waals surface area contributed by atoms with Gasteiger partial charge in [0.15, 0.2) is 6.29 Å². The molecule has 0 aromatic carbocycles. The molecule has 0 spiro atoms. The molecule has 10 atom stereocenters. The Morgan fingerprint density at radius 2 is 1.26 bits per heavy atom. The fourth-order valence-electron chi connectivity index (χ4n) is 4.07. The van der Waals surface area contributed by atoms with Crippen LogP contribution in [0.5, 0.6) is 0 Å². The minimum Gasteiger partial charge on any atom is -0.433 e. The van der Waals surface area contributed by atoms with Crippen LogP contribution in [-0.2, 0) is 23.7 Å². The highest BCUT2D eigenvalue weighted by atomic mass is 16.7. The summed E-state index contributed by atoms with van der Waals surface area (Å²) in [7, 11) is 0. The predicted molar refractivity (Wildman–Crippen MR) is 115 cm³/mol. The largest absolute Gasteiger partial charge is 0.433 e. The Morgan fingerprint density at radius 3 is 1.88 bits per heavy atom. The zero-order valence-electron chi connectivity index (χ0n) is 19.5. The molecule has 200 valence electrons. The lowest BCUT2D eigenvalue weighted by Crippen LogP contribution is -2.64. The smallest absolute Gasteiger partial charge is 0.308 e. The minimum atomic E-state index is -1.75. The van der Waals surface area contributed by atoms with Crippen molar-refractivity contribution < 1.29 is 59.5 Å². The first-order valence-corrected chi connectivity index (χ1v) is 12.0. The number of carbonyl (C=O) groups excluding carboxylic acids is 1. The van der Waals surface area contributed by atoms with Crippen molar-refractivity contribution in [3.05, 3.63) is 0 Å². The Kier molecular flexibility index (Phi) is 12.6. The van der Waals surface area contributed by atoms with Crippen molar-refractivity contribution in [2.24, 2.45) is 0 Å². The fourth-order valence-corrected chi connectivity index (χ4v) is 4.07. The van der Waals surface area contributed by atoms with Crippen LogP contribution in [-0.4, -0.2) is 116 Å². The molecule has 7 N–H and O–H groups in total. The van der Waals surface area contributed by atoms with Gasteiger partial charge in [-0.05, 0) is 6.42 Å². The van der Waals surface area contributed by atoms with Crippen molar-refractivity contribution in [2.75, 3.05) is 13.2 Å². The third-order valence-electron chi connectivity index (χ3n) is 6.19. The van der Waals surface area contributed by atoms with Gasteiger partial charge in [0.05, 0.1) is 13.2 Å². The standard InChI is InChI=1S/C22H40O12/c1-2-3-4-5-6-7-8-9-14(25)33-21-19(30)17(28)20(13(11-24)32-21)34-22-18(29)16(27)15(26)12(10-23)31-22/h12-13,15-24,26-30H,2-11H2,1H3/t12-,13?,15-,16+,17?,18-,19-,20-,21+,22-/m1/s1. The third-order valence-corrected chi connectivity index (χ3v) is 6.19. The Bertz CT molecular complexity index is 588. The molecule has 2 rings (SSSR count). The number of aliphatic hydroxyl groups is 7. The molecular weight excluding hydrogens is 456 g/mol.